The molecule has 0 fully saturated rings. The second kappa shape index (κ2) is 9.20. The fourth-order valence-corrected chi connectivity index (χ4v) is 3.30. The fraction of sp³-hybridized carbons (Fsp3) is 0.300. The van der Waals surface area contributed by atoms with Crippen molar-refractivity contribution in [2.75, 3.05) is 24.6 Å². The normalized spacial score (nSPS) is 18.4. The van der Waals surface area contributed by atoms with Crippen LogP contribution >= 0.6 is 0 Å². The van der Waals surface area contributed by atoms with Gasteiger partial charge in [-0.05, 0) is 43.7 Å². The molecule has 8 heteroatoms. The number of anilines is 1. The Balaban J connectivity index is 1.75. The average molecular weight is 381 g/mol. The summed E-state index contributed by atoms with van der Waals surface area (Å²) in [4.78, 5) is 17.7. The number of nitro groups is 1. The van der Waals surface area contributed by atoms with E-state index < -0.39 is 0 Å². The predicted octanol–water partition coefficient (Wildman–Crippen LogP) is 4.05. The molecule has 1 atom stereocenters. The maximum Gasteiger partial charge on any atom is 0.273 e. The molecule has 0 heterocycles. The van der Waals surface area contributed by atoms with E-state index in [1.54, 1.807) is 12.2 Å². The van der Waals surface area contributed by atoms with E-state index in [0.29, 0.717) is 25.1 Å². The first-order valence-corrected chi connectivity index (χ1v) is 9.15. The molecule has 0 saturated carbocycles. The number of hydrogen-bond acceptors (Lipinski definition) is 7. The van der Waals surface area contributed by atoms with Gasteiger partial charge in [-0.25, -0.2) is 5.90 Å². The maximum atomic E-state index is 11.2. The molecule has 3 rings (SSSR count). The molecule has 2 N–H and O–H groups in total. The van der Waals surface area contributed by atoms with Crippen molar-refractivity contribution >= 4 is 11.4 Å². The second-order valence-electron chi connectivity index (χ2n) is 6.41. The van der Waals surface area contributed by atoms with E-state index in [9.17, 15) is 10.1 Å². The lowest BCUT2D eigenvalue weighted by Gasteiger charge is -2.22. The van der Waals surface area contributed by atoms with Gasteiger partial charge in [0.05, 0.1) is 22.9 Å². The Morgan fingerprint density at radius 2 is 2.04 bits per heavy atom. The SMILES string of the molecule is CCN(CCON)c1ccc(/N=N/C2=CC=C([N+](=O)[O-])C3=CC=CCC23)cc1. The fourth-order valence-electron chi connectivity index (χ4n) is 3.30. The minimum atomic E-state index is -0.351. The summed E-state index contributed by atoms with van der Waals surface area (Å²) in [6, 6.07) is 7.74. The molecular formula is C20H23N5O3. The van der Waals surface area contributed by atoms with Gasteiger partial charge in [-0.1, -0.05) is 18.2 Å². The highest BCUT2D eigenvalue weighted by Gasteiger charge is 2.31. The predicted molar refractivity (Wildman–Crippen MR) is 107 cm³/mol. The lowest BCUT2D eigenvalue weighted by atomic mass is 9.84. The van der Waals surface area contributed by atoms with Crippen molar-refractivity contribution in [3.63, 3.8) is 0 Å². The number of nitrogens with zero attached hydrogens (tertiary/aromatic N) is 4. The summed E-state index contributed by atoms with van der Waals surface area (Å²) >= 11 is 0. The number of rotatable bonds is 8. The van der Waals surface area contributed by atoms with E-state index in [-0.39, 0.29) is 16.5 Å². The molecule has 0 bridgehead atoms. The van der Waals surface area contributed by atoms with Crippen molar-refractivity contribution in [3.05, 3.63) is 81.7 Å². The molecule has 2 aliphatic carbocycles. The molecule has 8 nitrogen and oxygen atoms in total. The zero-order chi connectivity index (χ0) is 19.9. The molecule has 146 valence electrons. The Morgan fingerprint density at radius 1 is 1.25 bits per heavy atom. The number of fused-ring (bicyclic) bond motifs is 1. The monoisotopic (exact) mass is 381 g/mol. The summed E-state index contributed by atoms with van der Waals surface area (Å²) in [5.41, 5.74) is 3.30. The lowest BCUT2D eigenvalue weighted by molar-refractivity contribution is -0.421. The number of allylic oxidation sites excluding steroid dienone is 7. The third kappa shape index (κ3) is 4.41. The van der Waals surface area contributed by atoms with Crippen molar-refractivity contribution in [3.8, 4) is 0 Å². The zero-order valence-corrected chi connectivity index (χ0v) is 15.7. The standard InChI is InChI=1S/C20H23N5O3/c1-2-24(13-14-28-21)16-9-7-15(8-10-16)22-23-19-11-12-20(25(26)27)18-6-4-3-5-17(18)19/h3-4,6-12,17H,2,5,13-14,21H2,1H3/b23-22+. The molecule has 0 spiro atoms. The molecule has 1 aromatic carbocycles. The summed E-state index contributed by atoms with van der Waals surface area (Å²) in [5, 5.41) is 19.9. The summed E-state index contributed by atoms with van der Waals surface area (Å²) in [7, 11) is 0. The molecular weight excluding hydrogens is 358 g/mol. The van der Waals surface area contributed by atoms with Crippen LogP contribution in [0.4, 0.5) is 11.4 Å². The summed E-state index contributed by atoms with van der Waals surface area (Å²) in [6.07, 6.45) is 9.47. The van der Waals surface area contributed by atoms with Gasteiger partial charge in [0.2, 0.25) is 0 Å². The number of azo groups is 1. The molecule has 0 amide bonds. The first kappa shape index (κ1) is 19.7. The Labute approximate surface area is 163 Å². The summed E-state index contributed by atoms with van der Waals surface area (Å²) < 4.78 is 0. The van der Waals surface area contributed by atoms with Gasteiger partial charge in [0, 0.05) is 36.3 Å². The van der Waals surface area contributed by atoms with Crippen LogP contribution in [0.5, 0.6) is 0 Å². The van der Waals surface area contributed by atoms with Gasteiger partial charge in [0.1, 0.15) is 0 Å². The molecule has 28 heavy (non-hydrogen) atoms. The Hall–Kier alpha value is -3.10. The number of hydrogen-bond donors (Lipinski definition) is 1. The topological polar surface area (TPSA) is 106 Å². The van der Waals surface area contributed by atoms with Crippen LogP contribution in [0.15, 0.2) is 81.8 Å². The lowest BCUT2D eigenvalue weighted by Crippen LogP contribution is -2.27. The number of nitrogens with two attached hydrogens (primary N) is 1. The zero-order valence-electron chi connectivity index (χ0n) is 15.7. The first-order valence-electron chi connectivity index (χ1n) is 9.15. The van der Waals surface area contributed by atoms with Crippen LogP contribution in [-0.2, 0) is 4.84 Å². The third-order valence-electron chi connectivity index (χ3n) is 4.78. The van der Waals surface area contributed by atoms with E-state index >= 15 is 0 Å². The van der Waals surface area contributed by atoms with E-state index in [0.717, 1.165) is 23.6 Å². The molecule has 0 radical (unpaired) electrons. The van der Waals surface area contributed by atoms with E-state index in [1.165, 1.54) is 6.08 Å². The van der Waals surface area contributed by atoms with Crippen LogP contribution in [0.1, 0.15) is 13.3 Å². The second-order valence-corrected chi connectivity index (χ2v) is 6.41. The first-order chi connectivity index (χ1) is 13.6. The highest BCUT2D eigenvalue weighted by Crippen LogP contribution is 2.37. The van der Waals surface area contributed by atoms with E-state index in [4.69, 9.17) is 5.90 Å². The van der Waals surface area contributed by atoms with Gasteiger partial charge in [0.15, 0.2) is 0 Å². The van der Waals surface area contributed by atoms with Gasteiger partial charge in [-0.15, -0.1) is 0 Å². The van der Waals surface area contributed by atoms with E-state index in [1.807, 2.05) is 36.4 Å². The van der Waals surface area contributed by atoms with Crippen LogP contribution in [0, 0.1) is 16.0 Å². The van der Waals surface area contributed by atoms with Crippen molar-refractivity contribution in [2.45, 2.75) is 13.3 Å². The van der Waals surface area contributed by atoms with Crippen molar-refractivity contribution in [1.29, 1.82) is 0 Å². The van der Waals surface area contributed by atoms with Crippen LogP contribution < -0.4 is 10.8 Å². The Morgan fingerprint density at radius 3 is 2.71 bits per heavy atom. The van der Waals surface area contributed by atoms with Crippen molar-refractivity contribution in [1.82, 2.24) is 0 Å². The number of likely N-dealkylation sites (N-methyl/N-ethyl adjacent to an activating group) is 1. The van der Waals surface area contributed by atoms with Crippen molar-refractivity contribution < 1.29 is 9.76 Å². The van der Waals surface area contributed by atoms with E-state index in [2.05, 4.69) is 26.9 Å². The highest BCUT2D eigenvalue weighted by molar-refractivity contribution is 5.53. The van der Waals surface area contributed by atoms with Gasteiger partial charge < -0.3 is 9.74 Å². The van der Waals surface area contributed by atoms with Crippen LogP contribution in [-0.4, -0.2) is 24.6 Å². The van der Waals surface area contributed by atoms with Crippen LogP contribution in [0.25, 0.3) is 0 Å². The van der Waals surface area contributed by atoms with Crippen LogP contribution in [0.3, 0.4) is 0 Å². The molecule has 1 unspecified atom stereocenters. The molecule has 0 saturated heterocycles. The minimum absolute atomic E-state index is 0.124. The maximum absolute atomic E-state index is 11.2. The largest absolute Gasteiger partial charge is 0.369 e. The van der Waals surface area contributed by atoms with Gasteiger partial charge >= 0.3 is 0 Å². The highest BCUT2D eigenvalue weighted by atomic mass is 16.6. The summed E-state index contributed by atoms with van der Waals surface area (Å²) in [6.45, 7) is 4.06. The smallest absolute Gasteiger partial charge is 0.273 e. The van der Waals surface area contributed by atoms with Crippen LogP contribution in [0.2, 0.25) is 0 Å². The summed E-state index contributed by atoms with van der Waals surface area (Å²) in [5.74, 6) is 4.97. The Bertz CT molecular complexity index is 868. The van der Waals surface area contributed by atoms with Gasteiger partial charge in [-0.3, -0.25) is 10.1 Å². The third-order valence-corrected chi connectivity index (χ3v) is 4.78. The number of benzene rings is 1. The molecule has 0 aromatic heterocycles. The average Bonchev–Trinajstić information content (AvgIpc) is 2.73. The van der Waals surface area contributed by atoms with Gasteiger partial charge in [-0.2, -0.15) is 10.2 Å². The molecule has 0 aliphatic heterocycles. The van der Waals surface area contributed by atoms with Gasteiger partial charge in [0.25, 0.3) is 5.70 Å². The molecule has 1 aromatic rings. The van der Waals surface area contributed by atoms with Crippen molar-refractivity contribution in [2.24, 2.45) is 22.0 Å². The Kier molecular flexibility index (Phi) is 6.46. The quantitative estimate of drug-likeness (QED) is 0.415. The minimum Gasteiger partial charge on any atom is -0.369 e. The molecule has 2 aliphatic rings.